The quantitative estimate of drug-likeness (QED) is 0.849. The second-order valence-corrected chi connectivity index (χ2v) is 4.89. The monoisotopic (exact) mass is 324 g/mol. The van der Waals surface area contributed by atoms with Gasteiger partial charge in [0.2, 0.25) is 0 Å². The molecule has 0 bridgehead atoms. The van der Waals surface area contributed by atoms with Gasteiger partial charge in [0.15, 0.2) is 11.4 Å². The number of rotatable bonds is 5. The first-order valence-electron chi connectivity index (χ1n) is 9.12. The van der Waals surface area contributed by atoms with Crippen LogP contribution in [0.5, 0.6) is 5.75 Å². The number of ketones is 1. The van der Waals surface area contributed by atoms with E-state index in [2.05, 4.69) is 0 Å². The van der Waals surface area contributed by atoms with Crippen LogP contribution in [0.25, 0.3) is 0 Å². The van der Waals surface area contributed by atoms with Gasteiger partial charge in [-0.3, -0.25) is 4.79 Å². The SMILES string of the molecule is [2H]C([2H])([2H])C(Oc1ccc(C(=O)c2cccc(Cl)c2)cc1)(C(=O)O)C([2H])([2H])[2H]. The van der Waals surface area contributed by atoms with Crippen molar-refractivity contribution in [3.8, 4) is 5.75 Å². The second-order valence-electron chi connectivity index (χ2n) is 4.45. The van der Waals surface area contributed by atoms with Gasteiger partial charge in [0, 0.05) is 24.4 Å². The van der Waals surface area contributed by atoms with Crippen LogP contribution in [0.15, 0.2) is 48.5 Å². The number of carbonyl (C=O) groups excluding carboxylic acids is 1. The number of hydrogen-bond donors (Lipinski definition) is 1. The Labute approximate surface area is 141 Å². The molecule has 0 aromatic heterocycles. The van der Waals surface area contributed by atoms with Crippen molar-refractivity contribution in [2.45, 2.75) is 19.3 Å². The molecule has 0 aliphatic rings. The Balaban J connectivity index is 2.39. The Morgan fingerprint density at radius 3 is 2.36 bits per heavy atom. The highest BCUT2D eigenvalue weighted by Crippen LogP contribution is 2.21. The molecule has 2 aromatic carbocycles. The standard InChI is InChI=1S/C17H15ClO4/c1-17(2,16(20)21)22-14-8-6-11(7-9-14)15(19)12-4-3-5-13(18)10-12/h3-10H,1-2H3,(H,20,21)/i1D3,2D3. The first-order chi connectivity index (χ1) is 12.8. The molecule has 0 spiro atoms. The predicted molar refractivity (Wildman–Crippen MR) is 83.7 cm³/mol. The lowest BCUT2D eigenvalue weighted by molar-refractivity contribution is -0.152. The number of carbonyl (C=O) groups is 2. The van der Waals surface area contributed by atoms with Crippen LogP contribution in [0.3, 0.4) is 0 Å². The zero-order valence-electron chi connectivity index (χ0n) is 17.2. The molecule has 0 aliphatic heterocycles. The Kier molecular flexibility index (Phi) is 2.72. The molecule has 0 atom stereocenters. The summed E-state index contributed by atoms with van der Waals surface area (Å²) in [4.78, 5) is 24.0. The topological polar surface area (TPSA) is 63.6 Å². The van der Waals surface area contributed by atoms with Crippen molar-refractivity contribution in [3.63, 3.8) is 0 Å². The van der Waals surface area contributed by atoms with E-state index in [-0.39, 0.29) is 17.1 Å². The van der Waals surface area contributed by atoms with Crippen LogP contribution in [0.2, 0.25) is 5.02 Å². The van der Waals surface area contributed by atoms with Gasteiger partial charge in [0.1, 0.15) is 5.75 Å². The van der Waals surface area contributed by atoms with Crippen LogP contribution in [0, 0.1) is 0 Å². The van der Waals surface area contributed by atoms with Crippen molar-refractivity contribution in [2.75, 3.05) is 0 Å². The largest absolute Gasteiger partial charge is 0.478 e. The number of ether oxygens (including phenoxy) is 1. The maximum atomic E-state index is 12.4. The third-order valence-electron chi connectivity index (χ3n) is 2.78. The highest BCUT2D eigenvalue weighted by atomic mass is 35.5. The van der Waals surface area contributed by atoms with Gasteiger partial charge in [0.25, 0.3) is 0 Å². The van der Waals surface area contributed by atoms with Crippen LogP contribution in [0.4, 0.5) is 0 Å². The average molecular weight is 325 g/mol. The van der Waals surface area contributed by atoms with Crippen molar-refractivity contribution >= 4 is 23.4 Å². The minimum Gasteiger partial charge on any atom is -0.478 e. The fraction of sp³-hybridized carbons (Fsp3) is 0.176. The summed E-state index contributed by atoms with van der Waals surface area (Å²) in [6.07, 6.45) is 0. The van der Waals surface area contributed by atoms with Gasteiger partial charge in [0.05, 0.1) is 0 Å². The van der Waals surface area contributed by atoms with Crippen LogP contribution < -0.4 is 4.74 Å². The van der Waals surface area contributed by atoms with E-state index in [0.29, 0.717) is 10.6 Å². The fourth-order valence-electron chi connectivity index (χ4n) is 1.69. The number of halogens is 1. The highest BCUT2D eigenvalue weighted by Gasteiger charge is 2.29. The minimum absolute atomic E-state index is 0.193. The summed E-state index contributed by atoms with van der Waals surface area (Å²) in [6.45, 7) is -6.97. The van der Waals surface area contributed by atoms with Crippen LogP contribution >= 0.6 is 11.6 Å². The molecule has 114 valence electrons. The van der Waals surface area contributed by atoms with Gasteiger partial charge < -0.3 is 9.84 Å². The molecule has 22 heavy (non-hydrogen) atoms. The van der Waals surface area contributed by atoms with Crippen molar-refractivity contribution in [2.24, 2.45) is 0 Å². The Morgan fingerprint density at radius 1 is 1.14 bits per heavy atom. The molecule has 1 N–H and O–H groups in total. The molecule has 0 radical (unpaired) electrons. The summed E-state index contributed by atoms with van der Waals surface area (Å²) in [5, 5.41) is 9.73. The molecule has 2 aromatic rings. The Morgan fingerprint density at radius 2 is 1.82 bits per heavy atom. The van der Waals surface area contributed by atoms with Crippen molar-refractivity contribution in [3.05, 3.63) is 64.7 Å². The number of carboxylic acid groups (broad SMARTS) is 1. The summed E-state index contributed by atoms with van der Waals surface area (Å²) in [6, 6.07) is 11.0. The molecular formula is C17H15ClO4. The fourth-order valence-corrected chi connectivity index (χ4v) is 1.88. The van der Waals surface area contributed by atoms with E-state index in [4.69, 9.17) is 24.6 Å². The van der Waals surface area contributed by atoms with E-state index in [1.807, 2.05) is 0 Å². The van der Waals surface area contributed by atoms with E-state index < -0.39 is 25.3 Å². The minimum atomic E-state index is -3.49. The van der Waals surface area contributed by atoms with E-state index in [1.165, 1.54) is 18.2 Å². The highest BCUT2D eigenvalue weighted by molar-refractivity contribution is 6.31. The first kappa shape index (κ1) is 9.64. The second kappa shape index (κ2) is 6.20. The molecule has 0 unspecified atom stereocenters. The van der Waals surface area contributed by atoms with E-state index in [0.717, 1.165) is 12.1 Å². The Hall–Kier alpha value is -2.33. The normalized spacial score (nSPS) is 16.2. The van der Waals surface area contributed by atoms with Crippen molar-refractivity contribution < 1.29 is 27.7 Å². The summed E-state index contributed by atoms with van der Waals surface area (Å²) in [5.41, 5.74) is -2.96. The lowest BCUT2D eigenvalue weighted by Gasteiger charge is -2.21. The molecule has 0 saturated carbocycles. The molecule has 0 fully saturated rings. The molecule has 2 rings (SSSR count). The first-order valence-corrected chi connectivity index (χ1v) is 6.50. The molecule has 0 amide bonds. The van der Waals surface area contributed by atoms with Gasteiger partial charge in [-0.15, -0.1) is 0 Å². The smallest absolute Gasteiger partial charge is 0.347 e. The summed E-state index contributed by atoms with van der Waals surface area (Å²) >= 11 is 5.85. The van der Waals surface area contributed by atoms with Gasteiger partial charge in [-0.2, -0.15) is 0 Å². The van der Waals surface area contributed by atoms with E-state index in [9.17, 15) is 14.7 Å². The van der Waals surface area contributed by atoms with E-state index >= 15 is 0 Å². The molecule has 0 heterocycles. The molecule has 0 saturated heterocycles. The number of carboxylic acids is 1. The Bertz CT molecular complexity index is 876. The zero-order chi connectivity index (χ0) is 21.3. The summed E-state index contributed by atoms with van der Waals surface area (Å²) in [5.74, 6) is -2.85. The van der Waals surface area contributed by atoms with Gasteiger partial charge in [-0.05, 0) is 50.1 Å². The van der Waals surface area contributed by atoms with E-state index in [1.54, 1.807) is 18.2 Å². The van der Waals surface area contributed by atoms with Gasteiger partial charge in [-0.1, -0.05) is 23.7 Å². The van der Waals surface area contributed by atoms with Crippen LogP contribution in [-0.4, -0.2) is 22.5 Å². The maximum Gasteiger partial charge on any atom is 0.347 e. The number of benzene rings is 2. The molecular weight excluding hydrogens is 304 g/mol. The molecule has 5 heteroatoms. The third-order valence-corrected chi connectivity index (χ3v) is 3.01. The zero-order valence-corrected chi connectivity index (χ0v) is 11.9. The number of aliphatic carboxylic acids is 1. The third kappa shape index (κ3) is 3.65. The lowest BCUT2D eigenvalue weighted by Crippen LogP contribution is -2.37. The molecule has 0 aliphatic carbocycles. The summed E-state index contributed by atoms with van der Waals surface area (Å²) < 4.78 is 49.5. The number of hydrogen-bond acceptors (Lipinski definition) is 3. The van der Waals surface area contributed by atoms with Crippen molar-refractivity contribution in [1.82, 2.24) is 0 Å². The summed E-state index contributed by atoms with van der Waals surface area (Å²) in [7, 11) is 0. The van der Waals surface area contributed by atoms with Crippen LogP contribution in [0.1, 0.15) is 37.8 Å². The lowest BCUT2D eigenvalue weighted by atomic mass is 10.0. The average Bonchev–Trinajstić information content (AvgIpc) is 2.57. The van der Waals surface area contributed by atoms with Gasteiger partial charge in [-0.25, -0.2) is 4.79 Å². The van der Waals surface area contributed by atoms with Gasteiger partial charge >= 0.3 is 5.97 Å². The molecule has 4 nitrogen and oxygen atoms in total. The predicted octanol–water partition coefficient (Wildman–Crippen LogP) is 3.81. The van der Waals surface area contributed by atoms with Crippen molar-refractivity contribution in [1.29, 1.82) is 0 Å². The van der Waals surface area contributed by atoms with Crippen LogP contribution in [-0.2, 0) is 4.79 Å². The maximum absolute atomic E-state index is 12.4.